The number of hydrogen-bond acceptors (Lipinski definition) is 7. The van der Waals surface area contributed by atoms with Gasteiger partial charge in [-0.1, -0.05) is 11.8 Å². The van der Waals surface area contributed by atoms with Gasteiger partial charge in [-0.15, -0.1) is 0 Å². The summed E-state index contributed by atoms with van der Waals surface area (Å²) in [5, 5.41) is 21.2. The van der Waals surface area contributed by atoms with Crippen LogP contribution in [0.5, 0.6) is 0 Å². The van der Waals surface area contributed by atoms with Crippen LogP contribution in [-0.4, -0.2) is 37.5 Å². The van der Waals surface area contributed by atoms with Gasteiger partial charge in [-0.05, 0) is 37.3 Å². The van der Waals surface area contributed by atoms with Crippen molar-refractivity contribution in [3.63, 3.8) is 0 Å². The van der Waals surface area contributed by atoms with Crippen LogP contribution >= 0.6 is 11.8 Å². The molecule has 0 aliphatic carbocycles. The van der Waals surface area contributed by atoms with E-state index in [9.17, 15) is 10.1 Å². The van der Waals surface area contributed by atoms with Gasteiger partial charge >= 0.3 is 0 Å². The summed E-state index contributed by atoms with van der Waals surface area (Å²) >= 11 is 1.18. The van der Waals surface area contributed by atoms with Gasteiger partial charge in [0.15, 0.2) is 5.03 Å². The second-order valence-corrected chi connectivity index (χ2v) is 7.81. The number of nitriles is 2. The Morgan fingerprint density at radius 2 is 1.90 bits per heavy atom. The van der Waals surface area contributed by atoms with Crippen molar-refractivity contribution >= 4 is 34.9 Å². The molecule has 148 valence electrons. The number of thioether (sulfide) groups is 1. The molecule has 1 aliphatic rings. The van der Waals surface area contributed by atoms with Crippen molar-refractivity contribution in [1.29, 1.82) is 10.5 Å². The number of H-pyrrole nitrogens is 1. The van der Waals surface area contributed by atoms with Crippen LogP contribution in [-0.2, 0) is 9.53 Å². The van der Waals surface area contributed by atoms with Crippen LogP contribution in [0.15, 0.2) is 35.4 Å². The fraction of sp³-hybridized carbons (Fsp3) is 0.300. The van der Waals surface area contributed by atoms with E-state index in [1.165, 1.54) is 17.8 Å². The number of pyridine rings is 1. The predicted molar refractivity (Wildman–Crippen MR) is 110 cm³/mol. The zero-order valence-electron chi connectivity index (χ0n) is 15.9. The smallest absolute Gasteiger partial charge is 0.289 e. The zero-order valence-corrected chi connectivity index (χ0v) is 16.8. The second-order valence-electron chi connectivity index (χ2n) is 6.46. The lowest BCUT2D eigenvalue weighted by molar-refractivity contribution is -0.410. The van der Waals surface area contributed by atoms with Gasteiger partial charge in [0.1, 0.15) is 23.3 Å². The van der Waals surface area contributed by atoms with Gasteiger partial charge in [-0.25, -0.2) is 4.98 Å². The molecule has 1 aromatic carbocycles. The number of benzene rings is 1. The fourth-order valence-electron chi connectivity index (χ4n) is 2.86. The van der Waals surface area contributed by atoms with Crippen LogP contribution in [0.3, 0.4) is 0 Å². The molecule has 1 atom stereocenters. The molecule has 2 heterocycles. The molecule has 4 N–H and O–H groups in total. The fourth-order valence-corrected chi connectivity index (χ4v) is 3.78. The summed E-state index contributed by atoms with van der Waals surface area (Å²) < 4.78 is 5.36. The van der Waals surface area contributed by atoms with Crippen molar-refractivity contribution < 1.29 is 14.5 Å². The molecule has 1 aromatic heterocycles. The topological polar surface area (TPSA) is 129 Å². The molecular weight excluding hydrogens is 388 g/mol. The summed E-state index contributed by atoms with van der Waals surface area (Å²) in [6, 6.07) is 13.1. The summed E-state index contributed by atoms with van der Waals surface area (Å²) in [7, 11) is 0. The van der Waals surface area contributed by atoms with E-state index in [0.717, 1.165) is 32.0 Å². The Bertz CT molecular complexity index is 974. The Labute approximate surface area is 173 Å². The van der Waals surface area contributed by atoms with Crippen LogP contribution in [0.1, 0.15) is 18.1 Å². The first-order valence-corrected chi connectivity index (χ1v) is 9.96. The van der Waals surface area contributed by atoms with Crippen molar-refractivity contribution in [3.8, 4) is 12.1 Å². The normalized spacial score (nSPS) is 14.5. The average molecular weight is 409 g/mol. The number of morpholine rings is 1. The number of anilines is 3. The first-order valence-electron chi connectivity index (χ1n) is 9.08. The molecule has 9 heteroatoms. The van der Waals surface area contributed by atoms with Gasteiger partial charge in [-0.2, -0.15) is 10.5 Å². The van der Waals surface area contributed by atoms with E-state index in [1.807, 2.05) is 36.4 Å². The van der Waals surface area contributed by atoms with Crippen LogP contribution in [0.4, 0.5) is 17.2 Å². The highest BCUT2D eigenvalue weighted by atomic mass is 32.2. The standard InChI is InChI=1S/C20H20N6O2S/c1-13(29-20-15(12-22)10-14(11-21)18(23)25-20)19(27)24-16-2-4-17(5-3-16)26-6-8-28-9-7-26/h2-5,10,13H,6-9H2,1H3,(H2,23,25)(H,24,27)/p+1/t13-/m1/s1. The highest BCUT2D eigenvalue weighted by molar-refractivity contribution is 8.00. The third kappa shape index (κ3) is 4.96. The summed E-state index contributed by atoms with van der Waals surface area (Å²) in [4.78, 5) is 17.6. The summed E-state index contributed by atoms with van der Waals surface area (Å²) in [5.41, 5.74) is 8.05. The minimum Gasteiger partial charge on any atom is -0.378 e. The van der Waals surface area contributed by atoms with Gasteiger partial charge in [0, 0.05) is 24.5 Å². The van der Waals surface area contributed by atoms with E-state index in [2.05, 4.69) is 15.2 Å². The molecule has 3 rings (SSSR count). The molecule has 1 fully saturated rings. The summed E-state index contributed by atoms with van der Waals surface area (Å²) in [6.07, 6.45) is 0. The number of hydrogen-bond donors (Lipinski definition) is 2. The number of amides is 1. The molecule has 0 saturated carbocycles. The van der Waals surface area contributed by atoms with Gasteiger partial charge < -0.3 is 15.0 Å². The lowest BCUT2D eigenvalue weighted by atomic mass is 10.2. The van der Waals surface area contributed by atoms with E-state index < -0.39 is 5.25 Å². The number of nitrogens with one attached hydrogen (secondary N) is 2. The Hall–Kier alpha value is -3.27. The largest absolute Gasteiger partial charge is 0.378 e. The molecule has 29 heavy (non-hydrogen) atoms. The molecule has 8 nitrogen and oxygen atoms in total. The Morgan fingerprint density at radius 3 is 2.52 bits per heavy atom. The summed E-state index contributed by atoms with van der Waals surface area (Å²) in [6.45, 7) is 4.88. The number of nitrogens with zero attached hydrogens (tertiary/aromatic N) is 3. The van der Waals surface area contributed by atoms with Gasteiger partial charge in [-0.3, -0.25) is 10.5 Å². The lowest BCUT2D eigenvalue weighted by Gasteiger charge is -2.28. The molecule has 1 saturated heterocycles. The van der Waals surface area contributed by atoms with Gasteiger partial charge in [0.25, 0.3) is 5.82 Å². The maximum absolute atomic E-state index is 12.6. The Morgan fingerprint density at radius 1 is 1.24 bits per heavy atom. The number of nitrogen functional groups attached to an aromatic ring is 1. The quantitative estimate of drug-likeness (QED) is 0.720. The van der Waals surface area contributed by atoms with Crippen LogP contribution in [0.25, 0.3) is 0 Å². The molecule has 2 aromatic rings. The maximum Gasteiger partial charge on any atom is 0.289 e. The van der Waals surface area contributed by atoms with Crippen molar-refractivity contribution in [1.82, 2.24) is 0 Å². The van der Waals surface area contributed by atoms with E-state index in [0.29, 0.717) is 10.7 Å². The number of carbonyl (C=O) groups is 1. The zero-order chi connectivity index (χ0) is 20.8. The third-order valence-corrected chi connectivity index (χ3v) is 5.61. The molecule has 1 amide bonds. The van der Waals surface area contributed by atoms with Crippen LogP contribution in [0.2, 0.25) is 0 Å². The first-order chi connectivity index (χ1) is 14.0. The highest BCUT2D eigenvalue weighted by Gasteiger charge is 2.21. The van der Waals surface area contributed by atoms with E-state index in [4.69, 9.17) is 15.7 Å². The second kappa shape index (κ2) is 9.28. The minimum atomic E-state index is -0.482. The minimum absolute atomic E-state index is 0.167. The summed E-state index contributed by atoms with van der Waals surface area (Å²) in [5.74, 6) is -0.0327. The van der Waals surface area contributed by atoms with Crippen molar-refractivity contribution in [2.45, 2.75) is 17.2 Å². The molecule has 1 aliphatic heterocycles. The molecule has 0 bridgehead atoms. The van der Waals surface area contributed by atoms with E-state index in [1.54, 1.807) is 6.92 Å². The molecule has 0 radical (unpaired) electrons. The van der Waals surface area contributed by atoms with Gasteiger partial charge in [0.2, 0.25) is 5.91 Å². The van der Waals surface area contributed by atoms with Crippen molar-refractivity contribution in [2.75, 3.05) is 42.3 Å². The maximum atomic E-state index is 12.6. The van der Waals surface area contributed by atoms with Crippen molar-refractivity contribution in [3.05, 3.63) is 41.5 Å². The lowest BCUT2D eigenvalue weighted by Crippen LogP contribution is -2.36. The number of rotatable bonds is 5. The van der Waals surface area contributed by atoms with Gasteiger partial charge in [0.05, 0.1) is 18.5 Å². The van der Waals surface area contributed by atoms with Crippen molar-refractivity contribution in [2.24, 2.45) is 0 Å². The number of aromatic nitrogens is 1. The molecule has 0 spiro atoms. The predicted octanol–water partition coefficient (Wildman–Crippen LogP) is 1.78. The Balaban J connectivity index is 1.64. The Kier molecular flexibility index (Phi) is 6.55. The van der Waals surface area contributed by atoms with E-state index in [-0.39, 0.29) is 22.9 Å². The third-order valence-electron chi connectivity index (χ3n) is 4.49. The number of nitrogens with two attached hydrogens (primary N) is 1. The van der Waals surface area contributed by atoms with E-state index >= 15 is 0 Å². The monoisotopic (exact) mass is 409 g/mol. The molecular formula is C20H21N6O2S+. The average Bonchev–Trinajstić information content (AvgIpc) is 2.75. The first kappa shape index (κ1) is 20.5. The van der Waals surface area contributed by atoms with Crippen LogP contribution < -0.4 is 20.9 Å². The molecule has 0 unspecified atom stereocenters. The number of carbonyl (C=O) groups excluding carboxylic acids is 1. The number of ether oxygens (including phenoxy) is 1. The SMILES string of the molecule is C[C@@H](Sc1[nH+]c(N)c(C#N)cc1C#N)C(=O)Nc1ccc(N2CCOCC2)cc1. The highest BCUT2D eigenvalue weighted by Crippen LogP contribution is 2.26. The number of aromatic amines is 1. The van der Waals surface area contributed by atoms with Crippen LogP contribution in [0, 0.1) is 22.7 Å².